The van der Waals surface area contributed by atoms with Crippen molar-refractivity contribution in [2.24, 2.45) is 5.92 Å². The van der Waals surface area contributed by atoms with Crippen LogP contribution in [0, 0.1) is 5.92 Å². The molecule has 1 saturated carbocycles. The fourth-order valence-electron chi connectivity index (χ4n) is 2.68. The summed E-state index contributed by atoms with van der Waals surface area (Å²) < 4.78 is 1.09. The van der Waals surface area contributed by atoms with E-state index in [0.717, 1.165) is 17.3 Å². The molecule has 14 heavy (non-hydrogen) atoms. The van der Waals surface area contributed by atoms with Crippen molar-refractivity contribution in [3.05, 3.63) is 33.8 Å². The zero-order valence-corrected chi connectivity index (χ0v) is 9.55. The van der Waals surface area contributed by atoms with Gasteiger partial charge in [-0.1, -0.05) is 28.1 Å². The summed E-state index contributed by atoms with van der Waals surface area (Å²) in [5, 5.41) is 10.6. The Morgan fingerprint density at radius 2 is 2.14 bits per heavy atom. The average molecular weight is 253 g/mol. The SMILES string of the molecule is OC1(C2CC2)CCc2cccc(Br)c21. The van der Waals surface area contributed by atoms with Crippen LogP contribution in [0.1, 0.15) is 30.4 Å². The summed E-state index contributed by atoms with van der Waals surface area (Å²) in [5.41, 5.74) is 1.98. The highest BCUT2D eigenvalue weighted by atomic mass is 79.9. The Morgan fingerprint density at radius 3 is 2.86 bits per heavy atom. The van der Waals surface area contributed by atoms with Gasteiger partial charge in [-0.15, -0.1) is 0 Å². The number of benzene rings is 1. The van der Waals surface area contributed by atoms with Crippen LogP contribution < -0.4 is 0 Å². The van der Waals surface area contributed by atoms with E-state index in [0.29, 0.717) is 5.92 Å². The Hall–Kier alpha value is -0.340. The van der Waals surface area contributed by atoms with E-state index in [1.807, 2.05) is 6.07 Å². The molecule has 0 radical (unpaired) electrons. The first-order valence-electron chi connectivity index (χ1n) is 5.22. The van der Waals surface area contributed by atoms with Gasteiger partial charge in [0, 0.05) is 10.0 Å². The minimum atomic E-state index is -0.518. The first-order valence-corrected chi connectivity index (χ1v) is 6.01. The molecule has 0 saturated heterocycles. The molecule has 1 N–H and O–H groups in total. The molecule has 2 heteroatoms. The van der Waals surface area contributed by atoms with Gasteiger partial charge < -0.3 is 5.11 Å². The number of aryl methyl sites for hydroxylation is 1. The van der Waals surface area contributed by atoms with Crippen molar-refractivity contribution < 1.29 is 5.11 Å². The average Bonchev–Trinajstić information content (AvgIpc) is 2.94. The van der Waals surface area contributed by atoms with Crippen LogP contribution in [0.2, 0.25) is 0 Å². The zero-order valence-electron chi connectivity index (χ0n) is 7.96. The predicted octanol–water partition coefficient (Wildman–Crippen LogP) is 2.99. The minimum Gasteiger partial charge on any atom is -0.385 e. The third-order valence-electron chi connectivity index (χ3n) is 3.56. The molecule has 1 atom stereocenters. The Balaban J connectivity index is 2.16. The van der Waals surface area contributed by atoms with Crippen molar-refractivity contribution in [2.45, 2.75) is 31.3 Å². The second kappa shape index (κ2) is 2.83. The lowest BCUT2D eigenvalue weighted by Crippen LogP contribution is -2.25. The molecule has 0 aromatic heterocycles. The maximum Gasteiger partial charge on any atom is 0.0941 e. The smallest absolute Gasteiger partial charge is 0.0941 e. The Kier molecular flexibility index (Phi) is 1.80. The van der Waals surface area contributed by atoms with Crippen molar-refractivity contribution >= 4 is 15.9 Å². The summed E-state index contributed by atoms with van der Waals surface area (Å²) in [6, 6.07) is 6.24. The van der Waals surface area contributed by atoms with Crippen LogP contribution in [0.15, 0.2) is 22.7 Å². The van der Waals surface area contributed by atoms with E-state index < -0.39 is 5.60 Å². The van der Waals surface area contributed by atoms with Gasteiger partial charge in [0.25, 0.3) is 0 Å². The molecule has 0 spiro atoms. The highest BCUT2D eigenvalue weighted by Gasteiger charge is 2.49. The van der Waals surface area contributed by atoms with Gasteiger partial charge in [-0.2, -0.15) is 0 Å². The lowest BCUT2D eigenvalue weighted by atomic mass is 9.91. The Morgan fingerprint density at radius 1 is 1.36 bits per heavy atom. The van der Waals surface area contributed by atoms with Crippen LogP contribution in [0.4, 0.5) is 0 Å². The van der Waals surface area contributed by atoms with Crippen molar-refractivity contribution in [3.8, 4) is 0 Å². The summed E-state index contributed by atoms with van der Waals surface area (Å²) >= 11 is 3.56. The van der Waals surface area contributed by atoms with Gasteiger partial charge in [0.1, 0.15) is 0 Å². The molecule has 3 rings (SSSR count). The van der Waals surface area contributed by atoms with E-state index >= 15 is 0 Å². The predicted molar refractivity (Wildman–Crippen MR) is 59.1 cm³/mol. The van der Waals surface area contributed by atoms with Crippen molar-refractivity contribution in [1.82, 2.24) is 0 Å². The maximum absolute atomic E-state index is 10.6. The lowest BCUT2D eigenvalue weighted by Gasteiger charge is -2.24. The molecule has 1 aromatic carbocycles. The molecule has 0 aliphatic heterocycles. The molecule has 74 valence electrons. The standard InChI is InChI=1S/C12H13BrO/c13-10-3-1-2-8-6-7-12(14,11(8)10)9-4-5-9/h1-3,9,14H,4-7H2. The molecule has 1 nitrogen and oxygen atoms in total. The minimum absolute atomic E-state index is 0.516. The van der Waals surface area contributed by atoms with Crippen LogP contribution in [0.3, 0.4) is 0 Å². The topological polar surface area (TPSA) is 20.2 Å². The number of hydrogen-bond acceptors (Lipinski definition) is 1. The Bertz CT molecular complexity index is 384. The summed E-state index contributed by atoms with van der Waals surface area (Å²) in [7, 11) is 0. The first kappa shape index (κ1) is 8.93. The first-order chi connectivity index (χ1) is 6.72. The molecule has 0 amide bonds. The summed E-state index contributed by atoms with van der Waals surface area (Å²) in [4.78, 5) is 0. The molecule has 1 aromatic rings. The van der Waals surface area contributed by atoms with Crippen LogP contribution in [0.5, 0.6) is 0 Å². The monoisotopic (exact) mass is 252 g/mol. The van der Waals surface area contributed by atoms with Gasteiger partial charge in [0.05, 0.1) is 5.60 Å². The Labute approximate surface area is 92.3 Å². The second-order valence-corrected chi connectivity index (χ2v) is 5.33. The van der Waals surface area contributed by atoms with Gasteiger partial charge in [-0.25, -0.2) is 0 Å². The largest absolute Gasteiger partial charge is 0.385 e. The quantitative estimate of drug-likeness (QED) is 0.815. The summed E-state index contributed by atoms with van der Waals surface area (Å²) in [6.07, 6.45) is 4.33. The van der Waals surface area contributed by atoms with Gasteiger partial charge in [0.15, 0.2) is 0 Å². The number of hydrogen-bond donors (Lipinski definition) is 1. The van der Waals surface area contributed by atoms with Gasteiger partial charge in [0.2, 0.25) is 0 Å². The van der Waals surface area contributed by atoms with E-state index in [1.165, 1.54) is 24.0 Å². The third kappa shape index (κ3) is 1.10. The molecule has 2 aliphatic carbocycles. The molecule has 0 heterocycles. The fourth-order valence-corrected chi connectivity index (χ4v) is 3.43. The molecular formula is C12H13BrO. The normalized spacial score (nSPS) is 30.4. The summed E-state index contributed by atoms with van der Waals surface area (Å²) in [6.45, 7) is 0. The van der Waals surface area contributed by atoms with Crippen LogP contribution in [-0.2, 0) is 12.0 Å². The van der Waals surface area contributed by atoms with Crippen LogP contribution >= 0.6 is 15.9 Å². The van der Waals surface area contributed by atoms with Crippen LogP contribution in [0.25, 0.3) is 0 Å². The van der Waals surface area contributed by atoms with E-state index in [1.54, 1.807) is 0 Å². The fraction of sp³-hybridized carbons (Fsp3) is 0.500. The molecule has 2 aliphatic rings. The highest BCUT2D eigenvalue weighted by Crippen LogP contribution is 2.54. The molecule has 1 unspecified atom stereocenters. The number of aliphatic hydroxyl groups is 1. The van der Waals surface area contributed by atoms with Gasteiger partial charge >= 0.3 is 0 Å². The number of halogens is 1. The maximum atomic E-state index is 10.6. The molecular weight excluding hydrogens is 240 g/mol. The van der Waals surface area contributed by atoms with E-state index in [4.69, 9.17) is 0 Å². The third-order valence-corrected chi connectivity index (χ3v) is 4.22. The molecule has 1 fully saturated rings. The van der Waals surface area contributed by atoms with E-state index in [2.05, 4.69) is 28.1 Å². The van der Waals surface area contributed by atoms with Crippen molar-refractivity contribution in [2.75, 3.05) is 0 Å². The van der Waals surface area contributed by atoms with Crippen molar-refractivity contribution in [1.29, 1.82) is 0 Å². The number of fused-ring (bicyclic) bond motifs is 1. The second-order valence-electron chi connectivity index (χ2n) is 4.47. The summed E-state index contributed by atoms with van der Waals surface area (Å²) in [5.74, 6) is 0.516. The highest BCUT2D eigenvalue weighted by molar-refractivity contribution is 9.10. The number of rotatable bonds is 1. The van der Waals surface area contributed by atoms with Gasteiger partial charge in [-0.05, 0) is 43.2 Å². The van der Waals surface area contributed by atoms with Gasteiger partial charge in [-0.3, -0.25) is 0 Å². The van der Waals surface area contributed by atoms with Crippen LogP contribution in [-0.4, -0.2) is 5.11 Å². The van der Waals surface area contributed by atoms with Crippen molar-refractivity contribution in [3.63, 3.8) is 0 Å². The molecule has 0 bridgehead atoms. The zero-order chi connectivity index (χ0) is 9.76. The van der Waals surface area contributed by atoms with E-state index in [9.17, 15) is 5.11 Å². The van der Waals surface area contributed by atoms with E-state index in [-0.39, 0.29) is 0 Å². The lowest BCUT2D eigenvalue weighted by molar-refractivity contribution is 0.0143.